The first kappa shape index (κ1) is 10.2. The van der Waals surface area contributed by atoms with E-state index in [4.69, 9.17) is 0 Å². The molecule has 86 valence electrons. The van der Waals surface area contributed by atoms with Crippen LogP contribution in [0.25, 0.3) is 11.0 Å². The molecule has 0 radical (unpaired) electrons. The molecule has 0 aromatic carbocycles. The lowest BCUT2D eigenvalue weighted by molar-refractivity contribution is 0.0600. The predicted molar refractivity (Wildman–Crippen MR) is 62.9 cm³/mol. The van der Waals surface area contributed by atoms with Gasteiger partial charge in [0.25, 0.3) is 0 Å². The van der Waals surface area contributed by atoms with Crippen molar-refractivity contribution < 1.29 is 9.53 Å². The monoisotopic (exact) mass is 228 g/mol. The van der Waals surface area contributed by atoms with Gasteiger partial charge in [0.2, 0.25) is 0 Å². The van der Waals surface area contributed by atoms with Crippen molar-refractivity contribution in [3.05, 3.63) is 35.7 Å². The van der Waals surface area contributed by atoms with E-state index in [1.165, 1.54) is 31.7 Å². The van der Waals surface area contributed by atoms with Crippen LogP contribution >= 0.6 is 0 Å². The molecule has 0 spiro atoms. The Morgan fingerprint density at radius 3 is 2.65 bits per heavy atom. The number of pyridine rings is 2. The minimum absolute atomic E-state index is 0.382. The van der Waals surface area contributed by atoms with Gasteiger partial charge in [-0.3, -0.25) is 9.97 Å². The Bertz CT molecular complexity index is 591. The van der Waals surface area contributed by atoms with E-state index < -0.39 is 0 Å². The van der Waals surface area contributed by atoms with Gasteiger partial charge >= 0.3 is 5.97 Å². The molecule has 0 N–H and O–H groups in total. The smallest absolute Gasteiger partial charge is 0.339 e. The highest BCUT2D eigenvalue weighted by Gasteiger charge is 2.24. The van der Waals surface area contributed by atoms with Crippen molar-refractivity contribution in [1.29, 1.82) is 0 Å². The van der Waals surface area contributed by atoms with E-state index in [0.29, 0.717) is 11.5 Å². The number of aromatic nitrogens is 2. The maximum Gasteiger partial charge on any atom is 0.339 e. The zero-order valence-electron chi connectivity index (χ0n) is 9.51. The molecule has 1 saturated carbocycles. The summed E-state index contributed by atoms with van der Waals surface area (Å²) in [6.07, 6.45) is 5.90. The zero-order chi connectivity index (χ0) is 11.8. The zero-order valence-corrected chi connectivity index (χ0v) is 9.51. The summed E-state index contributed by atoms with van der Waals surface area (Å²) in [6.45, 7) is 0. The van der Waals surface area contributed by atoms with Crippen LogP contribution in [-0.4, -0.2) is 23.0 Å². The lowest BCUT2D eigenvalue weighted by atomic mass is 10.1. The van der Waals surface area contributed by atoms with Crippen LogP contribution in [0.4, 0.5) is 0 Å². The number of fused-ring (bicyclic) bond motifs is 1. The number of carbonyl (C=O) groups is 1. The average Bonchev–Trinajstić information content (AvgIpc) is 3.21. The summed E-state index contributed by atoms with van der Waals surface area (Å²) in [7, 11) is 1.36. The quantitative estimate of drug-likeness (QED) is 0.740. The van der Waals surface area contributed by atoms with Crippen LogP contribution in [0, 0.1) is 0 Å². The van der Waals surface area contributed by atoms with Gasteiger partial charge in [0, 0.05) is 12.4 Å². The van der Waals surface area contributed by atoms with E-state index >= 15 is 0 Å². The van der Waals surface area contributed by atoms with Crippen molar-refractivity contribution in [3.8, 4) is 0 Å². The number of hydrogen-bond acceptors (Lipinski definition) is 4. The van der Waals surface area contributed by atoms with Crippen LogP contribution in [0.5, 0.6) is 0 Å². The van der Waals surface area contributed by atoms with Gasteiger partial charge in [-0.1, -0.05) is 0 Å². The van der Waals surface area contributed by atoms with Crippen molar-refractivity contribution in [2.45, 2.75) is 18.8 Å². The molecule has 0 bridgehead atoms. The second kappa shape index (κ2) is 3.80. The number of rotatable bonds is 2. The van der Waals surface area contributed by atoms with Gasteiger partial charge in [0.15, 0.2) is 0 Å². The molecule has 0 saturated heterocycles. The Kier molecular flexibility index (Phi) is 2.28. The standard InChI is InChI=1S/C13H12N2O2/c1-17-13(16)10-5-12-11(15-7-10)4-9(6-14-12)8-2-3-8/h4-8H,2-3H2,1H3. The number of carbonyl (C=O) groups excluding carboxylic acids is 1. The molecule has 1 aliphatic rings. The SMILES string of the molecule is COC(=O)c1cnc2cc(C3CC3)cnc2c1. The summed E-state index contributed by atoms with van der Waals surface area (Å²) >= 11 is 0. The lowest BCUT2D eigenvalue weighted by Crippen LogP contribution is -2.02. The summed E-state index contributed by atoms with van der Waals surface area (Å²) in [4.78, 5) is 20.0. The summed E-state index contributed by atoms with van der Waals surface area (Å²) < 4.78 is 4.65. The number of esters is 1. The number of hydrogen-bond donors (Lipinski definition) is 0. The molecule has 0 atom stereocenters. The van der Waals surface area contributed by atoms with Gasteiger partial charge in [0.1, 0.15) is 0 Å². The third-order valence-electron chi connectivity index (χ3n) is 3.02. The summed E-state index contributed by atoms with van der Waals surface area (Å²) in [6, 6.07) is 3.77. The van der Waals surface area contributed by atoms with Crippen LogP contribution in [0.15, 0.2) is 24.5 Å². The maximum absolute atomic E-state index is 11.4. The molecule has 0 aliphatic heterocycles. The van der Waals surface area contributed by atoms with Crippen molar-refractivity contribution >= 4 is 17.0 Å². The number of nitrogens with zero attached hydrogens (tertiary/aromatic N) is 2. The molecule has 17 heavy (non-hydrogen) atoms. The van der Waals surface area contributed by atoms with Gasteiger partial charge < -0.3 is 4.74 Å². The fourth-order valence-electron chi connectivity index (χ4n) is 1.89. The Labute approximate surface area is 98.6 Å². The molecule has 0 amide bonds. The molecule has 1 aliphatic carbocycles. The number of ether oxygens (including phenoxy) is 1. The van der Waals surface area contributed by atoms with Crippen LogP contribution in [0.3, 0.4) is 0 Å². The molecule has 2 heterocycles. The molecular weight excluding hydrogens is 216 g/mol. The van der Waals surface area contributed by atoms with E-state index in [9.17, 15) is 4.79 Å². The van der Waals surface area contributed by atoms with E-state index in [0.717, 1.165) is 11.0 Å². The highest BCUT2D eigenvalue weighted by atomic mass is 16.5. The summed E-state index contributed by atoms with van der Waals surface area (Å²) in [5.74, 6) is 0.279. The van der Waals surface area contributed by atoms with Gasteiger partial charge in [-0.05, 0) is 36.5 Å². The topological polar surface area (TPSA) is 52.1 Å². The number of methoxy groups -OCH3 is 1. The van der Waals surface area contributed by atoms with Crippen LogP contribution in [0.2, 0.25) is 0 Å². The van der Waals surface area contributed by atoms with Gasteiger partial charge in [0.05, 0.1) is 23.7 Å². The van der Waals surface area contributed by atoms with Crippen LogP contribution < -0.4 is 0 Å². The van der Waals surface area contributed by atoms with Gasteiger partial charge in [-0.2, -0.15) is 0 Å². The van der Waals surface area contributed by atoms with E-state index in [1.54, 1.807) is 6.07 Å². The van der Waals surface area contributed by atoms with Crippen molar-refractivity contribution in [2.75, 3.05) is 7.11 Å². The van der Waals surface area contributed by atoms with E-state index in [-0.39, 0.29) is 5.97 Å². The lowest BCUT2D eigenvalue weighted by Gasteiger charge is -2.03. The van der Waals surface area contributed by atoms with Crippen molar-refractivity contribution in [3.63, 3.8) is 0 Å². The Hall–Kier alpha value is -1.97. The molecule has 2 aromatic rings. The molecule has 3 rings (SSSR count). The largest absolute Gasteiger partial charge is 0.465 e. The second-order valence-corrected chi connectivity index (χ2v) is 4.30. The summed E-state index contributed by atoms with van der Waals surface area (Å²) in [5, 5.41) is 0. The molecule has 4 heteroatoms. The first-order chi connectivity index (χ1) is 8.28. The first-order valence-corrected chi connectivity index (χ1v) is 5.62. The normalized spacial score (nSPS) is 14.9. The van der Waals surface area contributed by atoms with E-state index in [2.05, 4.69) is 20.8 Å². The third-order valence-corrected chi connectivity index (χ3v) is 3.02. The van der Waals surface area contributed by atoms with Gasteiger partial charge in [-0.15, -0.1) is 0 Å². The molecular formula is C13H12N2O2. The fraction of sp³-hybridized carbons (Fsp3) is 0.308. The predicted octanol–water partition coefficient (Wildman–Crippen LogP) is 2.29. The Morgan fingerprint density at radius 2 is 1.94 bits per heavy atom. The minimum atomic E-state index is -0.382. The molecule has 2 aromatic heterocycles. The second-order valence-electron chi connectivity index (χ2n) is 4.30. The maximum atomic E-state index is 11.4. The Balaban J connectivity index is 2.05. The summed E-state index contributed by atoms with van der Waals surface area (Å²) in [5.41, 5.74) is 3.25. The first-order valence-electron chi connectivity index (χ1n) is 5.62. The van der Waals surface area contributed by atoms with Gasteiger partial charge in [-0.25, -0.2) is 4.79 Å². The van der Waals surface area contributed by atoms with Crippen molar-refractivity contribution in [1.82, 2.24) is 9.97 Å². The van der Waals surface area contributed by atoms with Crippen LogP contribution in [0.1, 0.15) is 34.7 Å². The molecule has 4 nitrogen and oxygen atoms in total. The molecule has 1 fully saturated rings. The minimum Gasteiger partial charge on any atom is -0.465 e. The average molecular weight is 228 g/mol. The van der Waals surface area contributed by atoms with E-state index in [1.807, 2.05) is 6.20 Å². The highest BCUT2D eigenvalue weighted by Crippen LogP contribution is 2.40. The molecule has 0 unspecified atom stereocenters. The highest BCUT2D eigenvalue weighted by molar-refractivity contribution is 5.92. The third kappa shape index (κ3) is 1.86. The van der Waals surface area contributed by atoms with Crippen molar-refractivity contribution in [2.24, 2.45) is 0 Å². The Morgan fingerprint density at radius 1 is 1.24 bits per heavy atom. The fourth-order valence-corrected chi connectivity index (χ4v) is 1.89. The van der Waals surface area contributed by atoms with Crippen LogP contribution in [-0.2, 0) is 4.74 Å².